The number of nitrogens with one attached hydrogen (secondary N) is 1. The van der Waals surface area contributed by atoms with Crippen LogP contribution in [0.5, 0.6) is 23.0 Å². The number of para-hydroxylation sites is 1. The van der Waals surface area contributed by atoms with Crippen LogP contribution in [-0.4, -0.2) is 25.7 Å². The molecule has 0 saturated carbocycles. The Balaban J connectivity index is 1.43. The Hall–Kier alpha value is -4.72. The number of benzene rings is 3. The monoisotopic (exact) mass is 484 g/mol. The number of fused-ring (bicyclic) bond motifs is 1. The predicted octanol–water partition coefficient (Wildman–Crippen LogP) is 4.19. The Morgan fingerprint density at radius 2 is 1.86 bits per heavy atom. The van der Waals surface area contributed by atoms with Crippen molar-refractivity contribution >= 4 is 23.6 Å². The van der Waals surface area contributed by atoms with Crippen molar-refractivity contribution in [3.8, 4) is 23.0 Å². The first-order valence-electron chi connectivity index (χ1n) is 11.3. The van der Waals surface area contributed by atoms with E-state index < -0.39 is 11.8 Å². The van der Waals surface area contributed by atoms with E-state index in [0.29, 0.717) is 40.7 Å². The van der Waals surface area contributed by atoms with Crippen LogP contribution in [-0.2, 0) is 22.6 Å². The van der Waals surface area contributed by atoms with Gasteiger partial charge in [0.15, 0.2) is 23.0 Å². The molecule has 0 unspecified atom stereocenters. The Kier molecular flexibility index (Phi) is 6.32. The lowest BCUT2D eigenvalue weighted by Crippen LogP contribution is -2.35. The van der Waals surface area contributed by atoms with Gasteiger partial charge in [-0.15, -0.1) is 6.58 Å². The summed E-state index contributed by atoms with van der Waals surface area (Å²) in [5.74, 6) is 1.52. The second-order valence-electron chi connectivity index (χ2n) is 8.16. The quantitative estimate of drug-likeness (QED) is 0.293. The molecule has 1 saturated heterocycles. The van der Waals surface area contributed by atoms with Crippen LogP contribution >= 0.6 is 0 Å². The Morgan fingerprint density at radius 1 is 1.06 bits per heavy atom. The molecule has 0 aromatic heterocycles. The predicted molar refractivity (Wildman–Crippen MR) is 134 cm³/mol. The minimum absolute atomic E-state index is 0.0273. The summed E-state index contributed by atoms with van der Waals surface area (Å²) in [4.78, 5) is 25.6. The normalized spacial score (nSPS) is 15.2. The number of hydrogen-bond donors (Lipinski definition) is 1. The zero-order valence-corrected chi connectivity index (χ0v) is 19.7. The standard InChI is InChI=1S/C28H24N2O6/c1-3-7-20-12-19(13-22-27(31)29-30(28(22)32)21-8-5-4-6-9-21)15-25(33-2)26(20)34-16-18-10-11-23-24(14-18)36-17-35-23/h3-6,8-15H,1,7,16-17H2,2H3,(H,29,31)/b22-13-. The highest BCUT2D eigenvalue weighted by molar-refractivity contribution is 6.31. The molecule has 8 heteroatoms. The minimum atomic E-state index is -0.476. The summed E-state index contributed by atoms with van der Waals surface area (Å²) in [6.07, 6.45) is 3.81. The summed E-state index contributed by atoms with van der Waals surface area (Å²) in [6.45, 7) is 4.33. The molecule has 2 heterocycles. The van der Waals surface area contributed by atoms with Crippen LogP contribution < -0.4 is 29.4 Å². The molecule has 2 aliphatic rings. The summed E-state index contributed by atoms with van der Waals surface area (Å²) < 4.78 is 22.6. The van der Waals surface area contributed by atoms with Gasteiger partial charge in [-0.1, -0.05) is 30.3 Å². The molecule has 182 valence electrons. The number of carbonyl (C=O) groups is 2. The lowest BCUT2D eigenvalue weighted by atomic mass is 10.0. The molecule has 2 aliphatic heterocycles. The zero-order chi connectivity index (χ0) is 25.1. The molecular formula is C28H24N2O6. The number of amides is 2. The SMILES string of the molecule is C=CCc1cc(/C=C2/C(=O)NN(c3ccccc3)C2=O)cc(OC)c1OCc1ccc2c(c1)OCO2. The molecule has 8 nitrogen and oxygen atoms in total. The van der Waals surface area contributed by atoms with Gasteiger partial charge in [-0.3, -0.25) is 15.0 Å². The van der Waals surface area contributed by atoms with Crippen LogP contribution in [0, 0.1) is 0 Å². The van der Waals surface area contributed by atoms with Crippen LogP contribution in [0.3, 0.4) is 0 Å². The van der Waals surface area contributed by atoms with E-state index in [2.05, 4.69) is 12.0 Å². The van der Waals surface area contributed by atoms with Crippen LogP contribution in [0.25, 0.3) is 6.08 Å². The van der Waals surface area contributed by atoms with E-state index in [1.807, 2.05) is 30.3 Å². The first-order chi connectivity index (χ1) is 17.6. The second-order valence-corrected chi connectivity index (χ2v) is 8.16. The first kappa shape index (κ1) is 23.0. The summed E-state index contributed by atoms with van der Waals surface area (Å²) in [6, 6.07) is 18.2. The smallest absolute Gasteiger partial charge is 0.282 e. The first-order valence-corrected chi connectivity index (χ1v) is 11.3. The zero-order valence-electron chi connectivity index (χ0n) is 19.7. The van der Waals surface area contributed by atoms with Crippen molar-refractivity contribution < 1.29 is 28.5 Å². The lowest BCUT2D eigenvalue weighted by Gasteiger charge is -2.16. The number of carbonyl (C=O) groups excluding carboxylic acids is 2. The highest BCUT2D eigenvalue weighted by atomic mass is 16.7. The van der Waals surface area contributed by atoms with Crippen molar-refractivity contribution in [2.24, 2.45) is 0 Å². The van der Waals surface area contributed by atoms with E-state index >= 15 is 0 Å². The van der Waals surface area contributed by atoms with Gasteiger partial charge in [0.25, 0.3) is 11.8 Å². The number of nitrogens with zero attached hydrogens (tertiary/aromatic N) is 1. The van der Waals surface area contributed by atoms with E-state index in [1.165, 1.54) is 5.01 Å². The van der Waals surface area contributed by atoms with Crippen LogP contribution in [0.4, 0.5) is 5.69 Å². The van der Waals surface area contributed by atoms with Gasteiger partial charge in [0.05, 0.1) is 12.8 Å². The van der Waals surface area contributed by atoms with Crippen molar-refractivity contribution in [3.05, 3.63) is 95.6 Å². The number of anilines is 1. The van der Waals surface area contributed by atoms with Crippen LogP contribution in [0.1, 0.15) is 16.7 Å². The molecule has 0 bridgehead atoms. The van der Waals surface area contributed by atoms with Crippen molar-refractivity contribution in [1.29, 1.82) is 0 Å². The van der Waals surface area contributed by atoms with Crippen LogP contribution in [0.15, 0.2) is 78.9 Å². The van der Waals surface area contributed by atoms with E-state index in [4.69, 9.17) is 18.9 Å². The molecule has 3 aromatic rings. The summed E-state index contributed by atoms with van der Waals surface area (Å²) in [5.41, 5.74) is 5.57. The molecule has 3 aromatic carbocycles. The molecule has 2 amide bonds. The van der Waals surface area contributed by atoms with Gasteiger partial charge in [-0.05, 0) is 60.0 Å². The van der Waals surface area contributed by atoms with Gasteiger partial charge in [-0.25, -0.2) is 5.01 Å². The molecule has 36 heavy (non-hydrogen) atoms. The average Bonchev–Trinajstić information content (AvgIpc) is 3.48. The average molecular weight is 485 g/mol. The fraction of sp³-hybridized carbons (Fsp3) is 0.143. The number of methoxy groups -OCH3 is 1. The van der Waals surface area contributed by atoms with Gasteiger partial charge in [-0.2, -0.15) is 0 Å². The fourth-order valence-electron chi connectivity index (χ4n) is 4.06. The summed E-state index contributed by atoms with van der Waals surface area (Å²) >= 11 is 0. The highest BCUT2D eigenvalue weighted by Crippen LogP contribution is 2.37. The van der Waals surface area contributed by atoms with Crippen molar-refractivity contribution in [2.75, 3.05) is 18.9 Å². The van der Waals surface area contributed by atoms with Crippen molar-refractivity contribution in [2.45, 2.75) is 13.0 Å². The number of hydrogen-bond acceptors (Lipinski definition) is 6. The van der Waals surface area contributed by atoms with Gasteiger partial charge in [0, 0.05) is 5.56 Å². The fourth-order valence-corrected chi connectivity index (χ4v) is 4.06. The Labute approximate surface area is 208 Å². The van der Waals surface area contributed by atoms with Crippen molar-refractivity contribution in [3.63, 3.8) is 0 Å². The van der Waals surface area contributed by atoms with E-state index in [1.54, 1.807) is 49.6 Å². The Morgan fingerprint density at radius 3 is 2.64 bits per heavy atom. The molecule has 0 atom stereocenters. The number of rotatable bonds is 8. The van der Waals surface area contributed by atoms with Gasteiger partial charge in [0.2, 0.25) is 6.79 Å². The maximum absolute atomic E-state index is 13.0. The summed E-state index contributed by atoms with van der Waals surface area (Å²) in [7, 11) is 1.54. The largest absolute Gasteiger partial charge is 0.493 e. The summed E-state index contributed by atoms with van der Waals surface area (Å²) in [5, 5.41) is 1.24. The second kappa shape index (κ2) is 9.87. The maximum atomic E-state index is 13.0. The molecule has 5 rings (SSSR count). The lowest BCUT2D eigenvalue weighted by molar-refractivity contribution is -0.117. The number of allylic oxidation sites excluding steroid dienone is 1. The molecular weight excluding hydrogens is 460 g/mol. The molecule has 0 spiro atoms. The molecule has 1 fully saturated rings. The Bertz CT molecular complexity index is 1370. The topological polar surface area (TPSA) is 86.3 Å². The third-order valence-corrected chi connectivity index (χ3v) is 5.78. The third-order valence-electron chi connectivity index (χ3n) is 5.78. The van der Waals surface area contributed by atoms with Crippen LogP contribution in [0.2, 0.25) is 0 Å². The van der Waals surface area contributed by atoms with Gasteiger partial charge < -0.3 is 18.9 Å². The van der Waals surface area contributed by atoms with Gasteiger partial charge >= 0.3 is 0 Å². The molecule has 0 aliphatic carbocycles. The number of ether oxygens (including phenoxy) is 4. The maximum Gasteiger partial charge on any atom is 0.282 e. The molecule has 0 radical (unpaired) electrons. The third kappa shape index (κ3) is 4.48. The number of hydrazine groups is 1. The molecule has 1 N–H and O–H groups in total. The van der Waals surface area contributed by atoms with E-state index in [0.717, 1.165) is 11.1 Å². The van der Waals surface area contributed by atoms with Gasteiger partial charge in [0.1, 0.15) is 12.2 Å². The van der Waals surface area contributed by atoms with Crippen molar-refractivity contribution in [1.82, 2.24) is 5.43 Å². The highest BCUT2D eigenvalue weighted by Gasteiger charge is 2.34. The van der Waals surface area contributed by atoms with E-state index in [9.17, 15) is 9.59 Å². The minimum Gasteiger partial charge on any atom is -0.493 e. The van der Waals surface area contributed by atoms with E-state index in [-0.39, 0.29) is 19.0 Å².